The first-order chi connectivity index (χ1) is 11.6. The summed E-state index contributed by atoms with van der Waals surface area (Å²) in [5, 5.41) is 16.5. The maximum atomic E-state index is 11.6. The van der Waals surface area contributed by atoms with Gasteiger partial charge in [0, 0.05) is 7.05 Å². The van der Waals surface area contributed by atoms with Gasteiger partial charge in [-0.3, -0.25) is 10.1 Å². The first kappa shape index (κ1) is 17.9. The van der Waals surface area contributed by atoms with Gasteiger partial charge in [0.1, 0.15) is 0 Å². The molecule has 0 spiro atoms. The number of rotatable bonds is 7. The van der Waals surface area contributed by atoms with Crippen molar-refractivity contribution in [2.24, 2.45) is 0 Å². The van der Waals surface area contributed by atoms with Crippen molar-refractivity contribution >= 4 is 23.7 Å². The van der Waals surface area contributed by atoms with Gasteiger partial charge in [0.2, 0.25) is 11.1 Å². The van der Waals surface area contributed by atoms with Crippen molar-refractivity contribution in [2.75, 3.05) is 12.8 Å². The normalized spacial score (nSPS) is 10.4. The Kier molecular flexibility index (Phi) is 6.74. The molecule has 1 aromatic heterocycles. The maximum Gasteiger partial charge on any atom is 0.321 e. The third-order valence-electron chi connectivity index (χ3n) is 3.25. The van der Waals surface area contributed by atoms with E-state index >= 15 is 0 Å². The Morgan fingerprint density at radius 1 is 1.25 bits per heavy atom. The molecule has 0 saturated heterocycles. The number of aryl methyl sites for hydroxylation is 1. The van der Waals surface area contributed by atoms with Gasteiger partial charge < -0.3 is 5.32 Å². The highest BCUT2D eigenvalue weighted by molar-refractivity contribution is 7.99. The third-order valence-corrected chi connectivity index (χ3v) is 4.17. The van der Waals surface area contributed by atoms with Crippen LogP contribution >= 0.6 is 11.8 Å². The molecule has 8 nitrogen and oxygen atoms in total. The predicted molar refractivity (Wildman–Crippen MR) is 91.1 cm³/mol. The monoisotopic (exact) mass is 348 g/mol. The second kappa shape index (κ2) is 9.02. The van der Waals surface area contributed by atoms with Crippen molar-refractivity contribution in [1.29, 1.82) is 0 Å². The highest BCUT2D eigenvalue weighted by Crippen LogP contribution is 2.18. The molecule has 0 saturated carbocycles. The van der Waals surface area contributed by atoms with Gasteiger partial charge in [-0.15, -0.1) is 5.10 Å². The van der Waals surface area contributed by atoms with Gasteiger partial charge in [-0.05, 0) is 41.0 Å². The number of aromatic nitrogens is 4. The van der Waals surface area contributed by atoms with E-state index in [-0.39, 0.29) is 5.75 Å². The summed E-state index contributed by atoms with van der Waals surface area (Å²) < 4.78 is 1.57. The lowest BCUT2D eigenvalue weighted by Gasteiger charge is -2.06. The van der Waals surface area contributed by atoms with Crippen LogP contribution in [-0.2, 0) is 11.2 Å². The predicted octanol–water partition coefficient (Wildman–Crippen LogP) is 1.55. The van der Waals surface area contributed by atoms with E-state index in [2.05, 4.69) is 45.2 Å². The highest BCUT2D eigenvalue weighted by atomic mass is 32.2. The number of nitrogens with zero attached hydrogens (tertiary/aromatic N) is 4. The molecule has 0 aliphatic carbocycles. The number of urea groups is 1. The van der Waals surface area contributed by atoms with E-state index in [1.807, 2.05) is 12.1 Å². The molecule has 24 heavy (non-hydrogen) atoms. The number of carbonyl (C=O) groups excluding carboxylic acids is 2. The second-order valence-corrected chi connectivity index (χ2v) is 6.00. The van der Waals surface area contributed by atoms with E-state index < -0.39 is 11.9 Å². The summed E-state index contributed by atoms with van der Waals surface area (Å²) in [5.74, 6) is -0.369. The Hall–Kier alpha value is -2.42. The molecule has 2 N–H and O–H groups in total. The summed E-state index contributed by atoms with van der Waals surface area (Å²) in [6.45, 7) is 2.17. The quantitative estimate of drug-likeness (QED) is 0.736. The first-order valence-corrected chi connectivity index (χ1v) is 8.64. The van der Waals surface area contributed by atoms with Crippen molar-refractivity contribution < 1.29 is 9.59 Å². The molecule has 0 bridgehead atoms. The lowest BCUT2D eigenvalue weighted by Crippen LogP contribution is -2.38. The van der Waals surface area contributed by atoms with E-state index in [0.717, 1.165) is 36.7 Å². The van der Waals surface area contributed by atoms with E-state index in [9.17, 15) is 9.59 Å². The van der Waals surface area contributed by atoms with Crippen molar-refractivity contribution in [3.63, 3.8) is 0 Å². The van der Waals surface area contributed by atoms with Crippen LogP contribution in [-0.4, -0.2) is 44.9 Å². The topological polar surface area (TPSA) is 102 Å². The number of nitrogens with one attached hydrogen (secondary N) is 2. The highest BCUT2D eigenvalue weighted by Gasteiger charge is 2.12. The van der Waals surface area contributed by atoms with Crippen molar-refractivity contribution in [2.45, 2.75) is 31.3 Å². The minimum absolute atomic E-state index is 0.0440. The van der Waals surface area contributed by atoms with Crippen LogP contribution in [0.4, 0.5) is 4.79 Å². The summed E-state index contributed by atoms with van der Waals surface area (Å²) in [4.78, 5) is 22.7. The summed E-state index contributed by atoms with van der Waals surface area (Å²) in [7, 11) is 1.44. The van der Waals surface area contributed by atoms with Crippen LogP contribution in [0.2, 0.25) is 0 Å². The van der Waals surface area contributed by atoms with Gasteiger partial charge in [-0.25, -0.2) is 4.79 Å². The van der Waals surface area contributed by atoms with E-state index in [4.69, 9.17) is 0 Å². The first-order valence-electron chi connectivity index (χ1n) is 7.66. The van der Waals surface area contributed by atoms with Crippen LogP contribution in [0.3, 0.4) is 0 Å². The van der Waals surface area contributed by atoms with Crippen LogP contribution in [0, 0.1) is 0 Å². The van der Waals surface area contributed by atoms with Crippen LogP contribution in [0.25, 0.3) is 5.69 Å². The molecule has 0 atom stereocenters. The molecule has 0 aliphatic rings. The molecular formula is C15H20N6O2S. The minimum atomic E-state index is -0.539. The number of carbonyl (C=O) groups is 2. The molecule has 0 aliphatic heterocycles. The second-order valence-electron chi connectivity index (χ2n) is 5.06. The number of hydrogen-bond donors (Lipinski definition) is 2. The molecule has 2 aromatic rings. The zero-order chi connectivity index (χ0) is 17.4. The largest absolute Gasteiger partial charge is 0.341 e. The smallest absolute Gasteiger partial charge is 0.321 e. The van der Waals surface area contributed by atoms with Crippen LogP contribution < -0.4 is 10.6 Å². The summed E-state index contributed by atoms with van der Waals surface area (Å²) in [5.41, 5.74) is 2.10. The standard InChI is InChI=1S/C15H20N6O2S/c1-3-4-5-11-6-8-12(9-7-11)21-15(18-19-20-21)24-10-13(22)17-14(23)16-2/h6-9H,3-5,10H2,1-2H3,(H2,16,17,22,23). The molecule has 1 heterocycles. The Bertz CT molecular complexity index is 686. The molecule has 9 heteroatoms. The van der Waals surface area contributed by atoms with E-state index in [1.165, 1.54) is 12.6 Å². The fourth-order valence-electron chi connectivity index (χ4n) is 1.97. The molecular weight excluding hydrogens is 328 g/mol. The summed E-state index contributed by atoms with van der Waals surface area (Å²) >= 11 is 1.16. The molecule has 2 rings (SSSR count). The molecule has 128 valence electrons. The lowest BCUT2D eigenvalue weighted by atomic mass is 10.1. The fourth-order valence-corrected chi connectivity index (χ4v) is 2.66. The molecule has 0 radical (unpaired) electrons. The number of benzene rings is 1. The molecule has 1 aromatic carbocycles. The Morgan fingerprint density at radius 3 is 2.67 bits per heavy atom. The third kappa shape index (κ3) is 5.05. The Balaban J connectivity index is 1.99. The molecule has 0 unspecified atom stereocenters. The van der Waals surface area contributed by atoms with Gasteiger partial charge >= 0.3 is 6.03 Å². The Morgan fingerprint density at radius 2 is 2.00 bits per heavy atom. The van der Waals surface area contributed by atoms with Crippen molar-refractivity contribution in [3.05, 3.63) is 29.8 Å². The van der Waals surface area contributed by atoms with Gasteiger partial charge in [0.05, 0.1) is 11.4 Å². The fraction of sp³-hybridized carbons (Fsp3) is 0.400. The number of unbranched alkanes of at least 4 members (excludes halogenated alkanes) is 1. The zero-order valence-corrected chi connectivity index (χ0v) is 14.5. The Labute approximate surface area is 144 Å². The van der Waals surface area contributed by atoms with Gasteiger partial charge in [-0.1, -0.05) is 37.2 Å². The lowest BCUT2D eigenvalue weighted by molar-refractivity contribution is -0.117. The van der Waals surface area contributed by atoms with Gasteiger partial charge in [0.15, 0.2) is 0 Å². The van der Waals surface area contributed by atoms with Crippen LogP contribution in [0.15, 0.2) is 29.4 Å². The number of hydrogen-bond acceptors (Lipinski definition) is 6. The van der Waals surface area contributed by atoms with E-state index in [1.54, 1.807) is 4.68 Å². The maximum absolute atomic E-state index is 11.6. The summed E-state index contributed by atoms with van der Waals surface area (Å²) in [6.07, 6.45) is 3.37. The summed E-state index contributed by atoms with van der Waals surface area (Å²) in [6, 6.07) is 7.48. The number of imide groups is 1. The number of amides is 3. The average Bonchev–Trinajstić information content (AvgIpc) is 3.07. The van der Waals surface area contributed by atoms with Crippen molar-refractivity contribution in [1.82, 2.24) is 30.8 Å². The number of tetrazole rings is 1. The van der Waals surface area contributed by atoms with Crippen molar-refractivity contribution in [3.8, 4) is 5.69 Å². The van der Waals surface area contributed by atoms with Gasteiger partial charge in [0.25, 0.3) is 0 Å². The minimum Gasteiger partial charge on any atom is -0.341 e. The van der Waals surface area contributed by atoms with Gasteiger partial charge in [-0.2, -0.15) is 4.68 Å². The number of thioether (sulfide) groups is 1. The van der Waals surface area contributed by atoms with Crippen LogP contribution in [0.1, 0.15) is 25.3 Å². The zero-order valence-electron chi connectivity index (χ0n) is 13.7. The van der Waals surface area contributed by atoms with Crippen LogP contribution in [0.5, 0.6) is 0 Å². The molecule has 3 amide bonds. The average molecular weight is 348 g/mol. The molecule has 0 fully saturated rings. The SMILES string of the molecule is CCCCc1ccc(-n2nnnc2SCC(=O)NC(=O)NC)cc1. The van der Waals surface area contributed by atoms with E-state index in [0.29, 0.717) is 5.16 Å².